The Morgan fingerprint density at radius 1 is 1.37 bits per heavy atom. The summed E-state index contributed by atoms with van der Waals surface area (Å²) in [5.74, 6) is -2.36. The maximum absolute atomic E-state index is 13.1. The molecule has 0 radical (unpaired) electrons. The number of carbonyl (C=O) groups excluding carboxylic acids is 1. The highest BCUT2D eigenvalue weighted by Crippen LogP contribution is 2.14. The van der Waals surface area contributed by atoms with E-state index in [1.54, 1.807) is 7.05 Å². The topological polar surface area (TPSA) is 33.2 Å². The second kappa shape index (κ2) is 5.44. The van der Waals surface area contributed by atoms with Crippen LogP contribution in [-0.4, -0.2) is 22.8 Å². The Labute approximate surface area is 113 Å². The van der Waals surface area contributed by atoms with Gasteiger partial charge in [-0.25, -0.2) is 13.8 Å². The summed E-state index contributed by atoms with van der Waals surface area (Å²) in [5, 5.41) is 2.79. The third-order valence-corrected chi connectivity index (χ3v) is 3.40. The molecule has 1 heterocycles. The summed E-state index contributed by atoms with van der Waals surface area (Å²) in [4.78, 5) is 17.7. The van der Waals surface area contributed by atoms with Crippen molar-refractivity contribution in [3.63, 3.8) is 0 Å². The molecule has 0 bridgehead atoms. The largest absolute Gasteiger partial charge is 0.336 e. The van der Waals surface area contributed by atoms with Crippen molar-refractivity contribution in [3.8, 4) is 0 Å². The Balaban J connectivity index is 2.12. The summed E-state index contributed by atoms with van der Waals surface area (Å²) in [6.45, 7) is 2.22. The number of halogens is 2. The SMILES string of the molecule is Cc1nc(CN(C)C(=O)c2ccc(F)c(F)c2)cs1. The van der Waals surface area contributed by atoms with Crippen molar-refractivity contribution in [2.75, 3.05) is 7.05 Å². The summed E-state index contributed by atoms with van der Waals surface area (Å²) >= 11 is 1.50. The van der Waals surface area contributed by atoms with Gasteiger partial charge >= 0.3 is 0 Å². The van der Waals surface area contributed by atoms with E-state index in [2.05, 4.69) is 4.98 Å². The number of hydrogen-bond donors (Lipinski definition) is 0. The molecule has 0 fully saturated rings. The quantitative estimate of drug-likeness (QED) is 0.867. The molecule has 0 aliphatic rings. The number of rotatable bonds is 3. The molecule has 1 amide bonds. The third kappa shape index (κ3) is 3.14. The van der Waals surface area contributed by atoms with Gasteiger partial charge in [-0.3, -0.25) is 4.79 Å². The average molecular weight is 282 g/mol. The van der Waals surface area contributed by atoms with Crippen molar-refractivity contribution in [2.24, 2.45) is 0 Å². The molecule has 19 heavy (non-hydrogen) atoms. The van der Waals surface area contributed by atoms with Crippen molar-refractivity contribution in [3.05, 3.63) is 51.5 Å². The fourth-order valence-electron chi connectivity index (χ4n) is 1.65. The maximum Gasteiger partial charge on any atom is 0.254 e. The minimum Gasteiger partial charge on any atom is -0.336 e. The van der Waals surface area contributed by atoms with Crippen LogP contribution >= 0.6 is 11.3 Å². The Morgan fingerprint density at radius 3 is 2.68 bits per heavy atom. The first-order valence-corrected chi connectivity index (χ1v) is 6.47. The molecule has 2 rings (SSSR count). The fraction of sp³-hybridized carbons (Fsp3) is 0.231. The molecule has 0 aliphatic heterocycles. The minimum absolute atomic E-state index is 0.119. The molecule has 0 saturated carbocycles. The van der Waals surface area contributed by atoms with E-state index in [1.807, 2.05) is 12.3 Å². The fourth-order valence-corrected chi connectivity index (χ4v) is 2.25. The lowest BCUT2D eigenvalue weighted by atomic mass is 10.2. The van der Waals surface area contributed by atoms with E-state index in [4.69, 9.17) is 0 Å². The summed E-state index contributed by atoms with van der Waals surface area (Å²) in [5.41, 5.74) is 0.897. The van der Waals surface area contributed by atoms with Gasteiger partial charge in [0.1, 0.15) is 0 Å². The van der Waals surface area contributed by atoms with Gasteiger partial charge in [0, 0.05) is 18.0 Å². The number of benzene rings is 1. The van der Waals surface area contributed by atoms with E-state index in [9.17, 15) is 13.6 Å². The van der Waals surface area contributed by atoms with Gasteiger partial charge in [-0.15, -0.1) is 11.3 Å². The number of aryl methyl sites for hydroxylation is 1. The van der Waals surface area contributed by atoms with Gasteiger partial charge in [-0.1, -0.05) is 0 Å². The number of thiazole rings is 1. The number of carbonyl (C=O) groups is 1. The van der Waals surface area contributed by atoms with Crippen molar-refractivity contribution < 1.29 is 13.6 Å². The number of aromatic nitrogens is 1. The van der Waals surface area contributed by atoms with Crippen LogP contribution in [-0.2, 0) is 6.54 Å². The smallest absolute Gasteiger partial charge is 0.254 e. The van der Waals surface area contributed by atoms with Crippen molar-refractivity contribution >= 4 is 17.2 Å². The molecule has 1 aromatic heterocycles. The first-order valence-electron chi connectivity index (χ1n) is 5.59. The number of amides is 1. The molecule has 2 aromatic rings. The Morgan fingerprint density at radius 2 is 2.11 bits per heavy atom. The predicted octanol–water partition coefficient (Wildman–Crippen LogP) is 3.00. The first-order chi connectivity index (χ1) is 8.97. The van der Waals surface area contributed by atoms with Gasteiger partial charge in [0.25, 0.3) is 5.91 Å². The number of nitrogens with zero attached hydrogens (tertiary/aromatic N) is 2. The standard InChI is InChI=1S/C13H12F2N2OS/c1-8-16-10(7-19-8)6-17(2)13(18)9-3-4-11(14)12(15)5-9/h3-5,7H,6H2,1-2H3. The van der Waals surface area contributed by atoms with Crippen LogP contribution < -0.4 is 0 Å². The predicted molar refractivity (Wildman–Crippen MR) is 69.0 cm³/mol. The van der Waals surface area contributed by atoms with Crippen LogP contribution in [0.2, 0.25) is 0 Å². The van der Waals surface area contributed by atoms with Gasteiger partial charge < -0.3 is 4.90 Å². The highest BCUT2D eigenvalue weighted by atomic mass is 32.1. The van der Waals surface area contributed by atoms with Gasteiger partial charge in [0.2, 0.25) is 0 Å². The van der Waals surface area contributed by atoms with Crippen LogP contribution in [0, 0.1) is 18.6 Å². The van der Waals surface area contributed by atoms with Crippen LogP contribution in [0.15, 0.2) is 23.6 Å². The molecule has 0 atom stereocenters. The third-order valence-electron chi connectivity index (χ3n) is 2.58. The Hall–Kier alpha value is -1.82. The lowest BCUT2D eigenvalue weighted by Gasteiger charge is -2.16. The van der Waals surface area contributed by atoms with Crippen molar-refractivity contribution in [1.82, 2.24) is 9.88 Å². The maximum atomic E-state index is 13.1. The summed E-state index contributed by atoms with van der Waals surface area (Å²) in [6, 6.07) is 3.12. The number of hydrogen-bond acceptors (Lipinski definition) is 3. The minimum atomic E-state index is -1.02. The van der Waals surface area contributed by atoms with Crippen LogP contribution in [0.25, 0.3) is 0 Å². The van der Waals surface area contributed by atoms with Gasteiger partial charge in [-0.05, 0) is 25.1 Å². The second-order valence-corrected chi connectivity index (χ2v) is 5.21. The summed E-state index contributed by atoms with van der Waals surface area (Å²) in [6.07, 6.45) is 0. The van der Waals surface area contributed by atoms with Gasteiger partial charge in [-0.2, -0.15) is 0 Å². The zero-order valence-corrected chi connectivity index (χ0v) is 11.3. The average Bonchev–Trinajstić information content (AvgIpc) is 2.77. The molecule has 0 spiro atoms. The van der Waals surface area contributed by atoms with Crippen LogP contribution in [0.3, 0.4) is 0 Å². The van der Waals surface area contributed by atoms with Gasteiger partial charge in [0.05, 0.1) is 17.2 Å². The lowest BCUT2D eigenvalue weighted by Crippen LogP contribution is -2.26. The Bertz CT molecular complexity index is 612. The van der Waals surface area contributed by atoms with E-state index in [0.717, 1.165) is 22.8 Å². The molecular weight excluding hydrogens is 270 g/mol. The van der Waals surface area contributed by atoms with E-state index >= 15 is 0 Å². The molecule has 6 heteroatoms. The molecule has 100 valence electrons. The highest BCUT2D eigenvalue weighted by Gasteiger charge is 2.15. The first kappa shape index (κ1) is 13.6. The summed E-state index contributed by atoms with van der Waals surface area (Å²) < 4.78 is 25.9. The van der Waals surface area contributed by atoms with Crippen molar-refractivity contribution in [1.29, 1.82) is 0 Å². The molecule has 0 saturated heterocycles. The lowest BCUT2D eigenvalue weighted by molar-refractivity contribution is 0.0783. The highest BCUT2D eigenvalue weighted by molar-refractivity contribution is 7.09. The summed E-state index contributed by atoms with van der Waals surface area (Å²) in [7, 11) is 1.60. The van der Waals surface area contributed by atoms with E-state index in [0.29, 0.717) is 6.54 Å². The van der Waals surface area contributed by atoms with E-state index in [1.165, 1.54) is 22.3 Å². The van der Waals surface area contributed by atoms with E-state index < -0.39 is 11.6 Å². The molecule has 0 N–H and O–H groups in total. The van der Waals surface area contributed by atoms with Crippen LogP contribution in [0.5, 0.6) is 0 Å². The molecule has 0 unspecified atom stereocenters. The van der Waals surface area contributed by atoms with Crippen LogP contribution in [0.1, 0.15) is 21.1 Å². The molecular formula is C13H12F2N2OS. The van der Waals surface area contributed by atoms with E-state index in [-0.39, 0.29) is 11.5 Å². The zero-order chi connectivity index (χ0) is 14.0. The van der Waals surface area contributed by atoms with Crippen LogP contribution in [0.4, 0.5) is 8.78 Å². The normalized spacial score (nSPS) is 10.5. The second-order valence-electron chi connectivity index (χ2n) is 4.15. The van der Waals surface area contributed by atoms with Crippen molar-refractivity contribution in [2.45, 2.75) is 13.5 Å². The molecule has 0 aliphatic carbocycles. The van der Waals surface area contributed by atoms with Gasteiger partial charge in [0.15, 0.2) is 11.6 Å². The zero-order valence-electron chi connectivity index (χ0n) is 10.5. The molecule has 3 nitrogen and oxygen atoms in total. The molecule has 1 aromatic carbocycles. The Kier molecular flexibility index (Phi) is 3.90. The monoisotopic (exact) mass is 282 g/mol.